The summed E-state index contributed by atoms with van der Waals surface area (Å²) in [4.78, 5) is 29.8. The molecule has 0 saturated carbocycles. The summed E-state index contributed by atoms with van der Waals surface area (Å²) in [5.74, 6) is -0.0755. The van der Waals surface area contributed by atoms with Crippen molar-refractivity contribution in [2.45, 2.75) is 25.4 Å². The Hall–Kier alpha value is -2.92. The summed E-state index contributed by atoms with van der Waals surface area (Å²) in [6.07, 6.45) is 1.23. The van der Waals surface area contributed by atoms with E-state index in [0.29, 0.717) is 24.9 Å². The third-order valence-electron chi connectivity index (χ3n) is 5.03. The van der Waals surface area contributed by atoms with Crippen molar-refractivity contribution < 1.29 is 4.79 Å². The number of nitrogens with zero attached hydrogens (tertiary/aromatic N) is 1. The molecule has 1 aliphatic rings. The van der Waals surface area contributed by atoms with Crippen molar-refractivity contribution in [1.82, 2.24) is 9.88 Å². The van der Waals surface area contributed by atoms with Gasteiger partial charge in [-0.15, -0.1) is 0 Å². The Kier molecular flexibility index (Phi) is 4.31. The van der Waals surface area contributed by atoms with Crippen LogP contribution >= 0.6 is 0 Å². The Labute approximate surface area is 151 Å². The highest BCUT2D eigenvalue weighted by Gasteiger charge is 2.26. The smallest absolute Gasteiger partial charge is 0.256 e. The number of fused-ring (bicyclic) bond motifs is 3. The number of carbonyl (C=O) groups is 1. The second kappa shape index (κ2) is 6.77. The molecule has 0 unspecified atom stereocenters. The van der Waals surface area contributed by atoms with E-state index in [-0.39, 0.29) is 11.5 Å². The highest BCUT2D eigenvalue weighted by Crippen LogP contribution is 2.24. The lowest BCUT2D eigenvalue weighted by molar-refractivity contribution is -0.133. The predicted molar refractivity (Wildman–Crippen MR) is 102 cm³/mol. The molecule has 0 aliphatic carbocycles. The largest absolute Gasteiger partial charge is 0.335 e. The molecule has 5 heteroatoms. The fourth-order valence-electron chi connectivity index (χ4n) is 3.70. The number of H-pyrrole nitrogens is 1. The summed E-state index contributed by atoms with van der Waals surface area (Å²) >= 11 is 0. The first-order valence-electron chi connectivity index (χ1n) is 8.84. The van der Waals surface area contributed by atoms with Crippen LogP contribution in [0, 0.1) is 0 Å². The summed E-state index contributed by atoms with van der Waals surface area (Å²) in [5, 5.41) is 1.68. The molecule has 0 bridgehead atoms. The van der Waals surface area contributed by atoms with Crippen molar-refractivity contribution >= 4 is 16.7 Å². The number of amides is 1. The number of benzene rings is 2. The van der Waals surface area contributed by atoms with Crippen LogP contribution < -0.4 is 11.3 Å². The van der Waals surface area contributed by atoms with Gasteiger partial charge in [0.05, 0.1) is 12.6 Å². The van der Waals surface area contributed by atoms with Gasteiger partial charge in [0.2, 0.25) is 5.91 Å². The van der Waals surface area contributed by atoms with Gasteiger partial charge in [-0.25, -0.2) is 0 Å². The van der Waals surface area contributed by atoms with E-state index in [2.05, 4.69) is 4.98 Å². The van der Waals surface area contributed by atoms with Crippen LogP contribution in [0.15, 0.2) is 59.4 Å². The molecule has 1 atom stereocenters. The van der Waals surface area contributed by atoms with E-state index in [4.69, 9.17) is 5.73 Å². The molecule has 3 N–H and O–H groups in total. The molecule has 0 spiro atoms. The quantitative estimate of drug-likeness (QED) is 0.760. The van der Waals surface area contributed by atoms with E-state index >= 15 is 0 Å². The molecule has 1 amide bonds. The second-order valence-corrected chi connectivity index (χ2v) is 6.76. The maximum Gasteiger partial charge on any atom is 0.256 e. The van der Waals surface area contributed by atoms with Crippen molar-refractivity contribution in [3.8, 4) is 0 Å². The van der Waals surface area contributed by atoms with E-state index in [0.717, 1.165) is 28.6 Å². The standard InChI is InChI=1S/C21H21N3O2/c22-18(12-14-6-2-1-3-7-14)21(26)24-11-10-16-15-8-4-5-9-17(15)20(25)23-19(16)13-24/h1-9,18H,10-13,22H2,(H,23,25)/t18-/m1/s1. The first-order chi connectivity index (χ1) is 12.6. The van der Waals surface area contributed by atoms with Gasteiger partial charge in [0.15, 0.2) is 0 Å². The third-order valence-corrected chi connectivity index (χ3v) is 5.03. The third kappa shape index (κ3) is 3.02. The van der Waals surface area contributed by atoms with Crippen LogP contribution in [0.3, 0.4) is 0 Å². The van der Waals surface area contributed by atoms with Gasteiger partial charge in [-0.1, -0.05) is 48.5 Å². The summed E-state index contributed by atoms with van der Waals surface area (Å²) in [6.45, 7) is 1.01. The van der Waals surface area contributed by atoms with Crippen LogP contribution in [-0.2, 0) is 24.2 Å². The molecule has 0 radical (unpaired) electrons. The Balaban J connectivity index is 1.56. The number of hydrogen-bond acceptors (Lipinski definition) is 3. The highest BCUT2D eigenvalue weighted by atomic mass is 16.2. The van der Waals surface area contributed by atoms with Crippen molar-refractivity contribution in [1.29, 1.82) is 0 Å². The van der Waals surface area contributed by atoms with Crippen LogP contribution in [0.25, 0.3) is 10.8 Å². The van der Waals surface area contributed by atoms with Crippen molar-refractivity contribution in [3.63, 3.8) is 0 Å². The van der Waals surface area contributed by atoms with Crippen LogP contribution in [-0.4, -0.2) is 28.4 Å². The second-order valence-electron chi connectivity index (χ2n) is 6.76. The summed E-state index contributed by atoms with van der Waals surface area (Å²) in [6, 6.07) is 16.8. The molecule has 2 heterocycles. The molecule has 1 aliphatic heterocycles. The minimum Gasteiger partial charge on any atom is -0.335 e. The van der Waals surface area contributed by atoms with Crippen LogP contribution in [0.4, 0.5) is 0 Å². The number of aromatic amines is 1. The van der Waals surface area contributed by atoms with Crippen LogP contribution in [0.2, 0.25) is 0 Å². The SMILES string of the molecule is N[C@H](Cc1ccccc1)C(=O)N1CCc2c([nH]c(=O)c3ccccc23)C1. The van der Waals surface area contributed by atoms with Gasteiger partial charge in [0, 0.05) is 17.6 Å². The molecule has 3 aromatic rings. The molecular weight excluding hydrogens is 326 g/mol. The van der Waals surface area contributed by atoms with Gasteiger partial charge >= 0.3 is 0 Å². The average Bonchev–Trinajstić information content (AvgIpc) is 2.68. The average molecular weight is 347 g/mol. The summed E-state index contributed by atoms with van der Waals surface area (Å²) < 4.78 is 0. The minimum atomic E-state index is -0.578. The zero-order chi connectivity index (χ0) is 18.1. The molecular formula is C21H21N3O2. The summed E-state index contributed by atoms with van der Waals surface area (Å²) in [5.41, 5.74) is 9.04. The monoisotopic (exact) mass is 347 g/mol. The molecule has 4 rings (SSSR count). The number of nitrogens with one attached hydrogen (secondary N) is 1. The van der Waals surface area contributed by atoms with Gasteiger partial charge < -0.3 is 15.6 Å². The van der Waals surface area contributed by atoms with Gasteiger partial charge in [-0.05, 0) is 35.4 Å². The Morgan fingerprint density at radius 1 is 1.08 bits per heavy atom. The van der Waals surface area contributed by atoms with Crippen molar-refractivity contribution in [3.05, 3.63) is 81.8 Å². The van der Waals surface area contributed by atoms with Gasteiger partial charge in [0.1, 0.15) is 0 Å². The fourth-order valence-corrected chi connectivity index (χ4v) is 3.70. The van der Waals surface area contributed by atoms with E-state index in [9.17, 15) is 9.59 Å². The topological polar surface area (TPSA) is 79.2 Å². The molecule has 0 fully saturated rings. The molecule has 5 nitrogen and oxygen atoms in total. The molecule has 2 aromatic carbocycles. The normalized spacial score (nSPS) is 14.9. The zero-order valence-corrected chi connectivity index (χ0v) is 14.4. The van der Waals surface area contributed by atoms with E-state index in [1.807, 2.05) is 54.6 Å². The van der Waals surface area contributed by atoms with Gasteiger partial charge in [-0.3, -0.25) is 9.59 Å². The number of nitrogens with two attached hydrogens (primary N) is 1. The van der Waals surface area contributed by atoms with Crippen molar-refractivity contribution in [2.24, 2.45) is 5.73 Å². The lowest BCUT2D eigenvalue weighted by Gasteiger charge is -2.31. The first kappa shape index (κ1) is 16.5. The maximum absolute atomic E-state index is 12.8. The first-order valence-corrected chi connectivity index (χ1v) is 8.84. The Morgan fingerprint density at radius 2 is 1.77 bits per heavy atom. The van der Waals surface area contributed by atoms with E-state index < -0.39 is 6.04 Å². The van der Waals surface area contributed by atoms with Gasteiger partial charge in [-0.2, -0.15) is 0 Å². The molecule has 0 saturated heterocycles. The van der Waals surface area contributed by atoms with Crippen LogP contribution in [0.5, 0.6) is 0 Å². The highest BCUT2D eigenvalue weighted by molar-refractivity contribution is 5.87. The van der Waals surface area contributed by atoms with Crippen LogP contribution in [0.1, 0.15) is 16.8 Å². The number of carbonyl (C=O) groups excluding carboxylic acids is 1. The van der Waals surface area contributed by atoms with Crippen molar-refractivity contribution in [2.75, 3.05) is 6.54 Å². The Bertz CT molecular complexity index is 1010. The maximum atomic E-state index is 12.8. The van der Waals surface area contributed by atoms with E-state index in [1.54, 1.807) is 4.90 Å². The molecule has 132 valence electrons. The molecule has 26 heavy (non-hydrogen) atoms. The molecule has 1 aromatic heterocycles. The number of pyridine rings is 1. The number of aromatic nitrogens is 1. The van der Waals surface area contributed by atoms with E-state index in [1.165, 1.54) is 0 Å². The van der Waals surface area contributed by atoms with Gasteiger partial charge in [0.25, 0.3) is 5.56 Å². The number of rotatable bonds is 3. The zero-order valence-electron chi connectivity index (χ0n) is 14.4. The predicted octanol–water partition coefficient (Wildman–Crippen LogP) is 1.98. The lowest BCUT2D eigenvalue weighted by Crippen LogP contribution is -2.47. The Morgan fingerprint density at radius 3 is 2.54 bits per heavy atom. The number of hydrogen-bond donors (Lipinski definition) is 2. The fraction of sp³-hybridized carbons (Fsp3) is 0.238. The lowest BCUT2D eigenvalue weighted by atomic mass is 9.97. The summed E-state index contributed by atoms with van der Waals surface area (Å²) in [7, 11) is 0. The minimum absolute atomic E-state index is 0.0755.